The number of pyridine rings is 1. The van der Waals surface area contributed by atoms with Gasteiger partial charge in [0.25, 0.3) is 0 Å². The molecule has 0 N–H and O–H groups in total. The van der Waals surface area contributed by atoms with Crippen molar-refractivity contribution >= 4 is 21.9 Å². The van der Waals surface area contributed by atoms with Crippen LogP contribution in [-0.2, 0) is 13.5 Å². The van der Waals surface area contributed by atoms with Crippen LogP contribution < -0.4 is 4.57 Å². The molecule has 2 nitrogen and oxygen atoms in total. The second-order valence-electron chi connectivity index (χ2n) is 6.23. The van der Waals surface area contributed by atoms with Gasteiger partial charge in [-0.25, -0.2) is 4.57 Å². The van der Waals surface area contributed by atoms with Crippen LogP contribution in [0.5, 0.6) is 0 Å². The van der Waals surface area contributed by atoms with Crippen molar-refractivity contribution in [3.8, 4) is 11.3 Å². The fraction of sp³-hybridized carbons (Fsp3) is 0.150. The molecular formula is C20H16NO+. The van der Waals surface area contributed by atoms with Gasteiger partial charge in [0.15, 0.2) is 6.20 Å². The second kappa shape index (κ2) is 3.98. The molecule has 0 spiro atoms. The molecule has 22 heavy (non-hydrogen) atoms. The van der Waals surface area contributed by atoms with Gasteiger partial charge in [0.2, 0.25) is 5.69 Å². The molecule has 2 aromatic carbocycles. The van der Waals surface area contributed by atoms with Crippen LogP contribution in [-0.4, -0.2) is 0 Å². The maximum Gasteiger partial charge on any atom is 0.216 e. The number of aryl methyl sites for hydroxylation is 2. The van der Waals surface area contributed by atoms with Gasteiger partial charge in [-0.2, -0.15) is 0 Å². The summed E-state index contributed by atoms with van der Waals surface area (Å²) < 4.78 is 8.43. The van der Waals surface area contributed by atoms with Crippen molar-refractivity contribution in [3.63, 3.8) is 0 Å². The van der Waals surface area contributed by atoms with E-state index in [1.54, 1.807) is 0 Å². The highest BCUT2D eigenvalue weighted by atomic mass is 16.3. The fourth-order valence-electron chi connectivity index (χ4n) is 3.44. The van der Waals surface area contributed by atoms with E-state index in [0.717, 1.165) is 17.6 Å². The van der Waals surface area contributed by atoms with E-state index in [0.29, 0.717) is 0 Å². The molecule has 2 aromatic heterocycles. The molecule has 0 saturated carbocycles. The Kier molecular flexibility index (Phi) is 2.17. The van der Waals surface area contributed by atoms with E-state index in [1.165, 1.54) is 38.7 Å². The smallest absolute Gasteiger partial charge is 0.216 e. The van der Waals surface area contributed by atoms with E-state index in [9.17, 15) is 0 Å². The van der Waals surface area contributed by atoms with Gasteiger partial charge in [0, 0.05) is 22.9 Å². The molecule has 0 atom stereocenters. The van der Waals surface area contributed by atoms with Crippen molar-refractivity contribution in [1.82, 2.24) is 0 Å². The molecule has 0 fully saturated rings. The van der Waals surface area contributed by atoms with Gasteiger partial charge in [0.05, 0.1) is 5.56 Å². The summed E-state index contributed by atoms with van der Waals surface area (Å²) in [5, 5.41) is 2.46. The average molecular weight is 286 g/mol. The molecule has 0 radical (unpaired) electrons. The van der Waals surface area contributed by atoms with E-state index in [-0.39, 0.29) is 0 Å². The normalized spacial score (nSPS) is 12.8. The highest BCUT2D eigenvalue weighted by molar-refractivity contribution is 6.10. The molecule has 2 heterocycles. The highest BCUT2D eigenvalue weighted by Crippen LogP contribution is 2.40. The lowest BCUT2D eigenvalue weighted by Crippen LogP contribution is -2.30. The lowest BCUT2D eigenvalue weighted by Gasteiger charge is -2.04. The molecule has 0 aliphatic heterocycles. The van der Waals surface area contributed by atoms with Crippen molar-refractivity contribution < 1.29 is 8.98 Å². The Balaban J connectivity index is 1.93. The molecule has 1 aliphatic carbocycles. The first kappa shape index (κ1) is 12.0. The van der Waals surface area contributed by atoms with Gasteiger partial charge < -0.3 is 4.42 Å². The summed E-state index contributed by atoms with van der Waals surface area (Å²) in [4.78, 5) is 0. The molecular weight excluding hydrogens is 270 g/mol. The third-order valence-corrected chi connectivity index (χ3v) is 4.74. The van der Waals surface area contributed by atoms with Gasteiger partial charge in [-0.05, 0) is 48.2 Å². The number of rotatable bonds is 1. The summed E-state index contributed by atoms with van der Waals surface area (Å²) in [5.74, 6) is 0. The molecule has 0 bridgehead atoms. The highest BCUT2D eigenvalue weighted by Gasteiger charge is 2.23. The van der Waals surface area contributed by atoms with E-state index >= 15 is 0 Å². The summed E-state index contributed by atoms with van der Waals surface area (Å²) in [7, 11) is 2.08. The van der Waals surface area contributed by atoms with Crippen LogP contribution in [0.2, 0.25) is 0 Å². The third kappa shape index (κ3) is 1.52. The summed E-state index contributed by atoms with van der Waals surface area (Å²) >= 11 is 0. The van der Waals surface area contributed by atoms with Crippen LogP contribution in [0.15, 0.2) is 53.1 Å². The van der Waals surface area contributed by atoms with Gasteiger partial charge in [0.1, 0.15) is 18.2 Å². The first-order valence-electron chi connectivity index (χ1n) is 7.65. The molecule has 0 amide bonds. The van der Waals surface area contributed by atoms with Crippen LogP contribution in [0.4, 0.5) is 0 Å². The Morgan fingerprint density at radius 1 is 1.00 bits per heavy atom. The van der Waals surface area contributed by atoms with Gasteiger partial charge >= 0.3 is 0 Å². The third-order valence-electron chi connectivity index (χ3n) is 4.74. The Hall–Kier alpha value is -2.61. The zero-order valence-corrected chi connectivity index (χ0v) is 12.7. The lowest BCUT2D eigenvalue weighted by molar-refractivity contribution is -0.660. The Labute approximate surface area is 128 Å². The van der Waals surface area contributed by atoms with Gasteiger partial charge in [-0.3, -0.25) is 0 Å². The average Bonchev–Trinajstić information content (AvgIpc) is 3.18. The van der Waals surface area contributed by atoms with Crippen LogP contribution in [0.25, 0.3) is 33.2 Å². The van der Waals surface area contributed by atoms with E-state index in [1.807, 2.05) is 0 Å². The molecule has 0 saturated heterocycles. The van der Waals surface area contributed by atoms with Crippen molar-refractivity contribution in [1.29, 1.82) is 0 Å². The number of aromatic nitrogens is 1. The maximum absolute atomic E-state index is 6.27. The van der Waals surface area contributed by atoms with Crippen LogP contribution in [0, 0.1) is 6.92 Å². The predicted molar refractivity (Wildman–Crippen MR) is 87.9 cm³/mol. The predicted octanol–water partition coefficient (Wildman–Crippen LogP) is 4.29. The van der Waals surface area contributed by atoms with Crippen LogP contribution in [0.3, 0.4) is 0 Å². The lowest BCUT2D eigenvalue weighted by atomic mass is 10.0. The molecule has 0 unspecified atom stereocenters. The largest absolute Gasteiger partial charge is 0.455 e. The Morgan fingerprint density at radius 2 is 1.86 bits per heavy atom. The minimum Gasteiger partial charge on any atom is -0.455 e. The number of benzene rings is 2. The standard InChI is InChI=1S/C20H16NO/c1-12-6-7-15-16-10-13-9-14(13)11-18(16)22-20(15)19(12)17-5-3-4-8-21(17)2/h3-8,10-11H,9H2,1-2H3/q+1. The number of fused-ring (bicyclic) bond motifs is 4. The summed E-state index contributed by atoms with van der Waals surface area (Å²) in [6.07, 6.45) is 3.20. The summed E-state index contributed by atoms with van der Waals surface area (Å²) in [6, 6.07) is 15.2. The van der Waals surface area contributed by atoms with Crippen molar-refractivity contribution in [3.05, 3.63) is 65.4 Å². The van der Waals surface area contributed by atoms with Crippen LogP contribution >= 0.6 is 0 Å². The van der Waals surface area contributed by atoms with E-state index in [4.69, 9.17) is 4.42 Å². The number of furan rings is 1. The zero-order chi connectivity index (χ0) is 14.8. The Bertz CT molecular complexity index is 1070. The minimum atomic E-state index is 1.00. The Morgan fingerprint density at radius 3 is 2.73 bits per heavy atom. The SMILES string of the molecule is Cc1ccc2c(oc3cc4c(cc32)C4)c1-c1cccc[n+]1C. The number of hydrogen-bond donors (Lipinski definition) is 0. The molecule has 1 aliphatic rings. The van der Waals surface area contributed by atoms with Crippen molar-refractivity contribution in [2.75, 3.05) is 0 Å². The molecule has 2 heteroatoms. The first-order valence-corrected chi connectivity index (χ1v) is 7.65. The quantitative estimate of drug-likeness (QED) is 0.420. The molecule has 5 rings (SSSR count). The zero-order valence-electron chi connectivity index (χ0n) is 12.7. The van der Waals surface area contributed by atoms with Crippen molar-refractivity contribution in [2.24, 2.45) is 7.05 Å². The van der Waals surface area contributed by atoms with Crippen LogP contribution in [0.1, 0.15) is 16.7 Å². The minimum absolute atomic E-state index is 1.00. The molecule has 4 aromatic rings. The van der Waals surface area contributed by atoms with E-state index in [2.05, 4.69) is 67.2 Å². The summed E-state index contributed by atoms with van der Waals surface area (Å²) in [5.41, 5.74) is 8.52. The second-order valence-corrected chi connectivity index (χ2v) is 6.23. The van der Waals surface area contributed by atoms with Gasteiger partial charge in [-0.1, -0.05) is 12.1 Å². The monoisotopic (exact) mass is 286 g/mol. The topological polar surface area (TPSA) is 17.0 Å². The summed E-state index contributed by atoms with van der Waals surface area (Å²) in [6.45, 7) is 2.15. The van der Waals surface area contributed by atoms with E-state index < -0.39 is 0 Å². The molecule has 106 valence electrons. The van der Waals surface area contributed by atoms with Crippen molar-refractivity contribution in [2.45, 2.75) is 13.3 Å². The first-order chi connectivity index (χ1) is 10.7. The number of hydrogen-bond acceptors (Lipinski definition) is 1. The number of nitrogens with zero attached hydrogens (tertiary/aromatic N) is 1. The fourth-order valence-corrected chi connectivity index (χ4v) is 3.44. The van der Waals surface area contributed by atoms with Gasteiger partial charge in [-0.15, -0.1) is 0 Å². The maximum atomic E-state index is 6.27.